The van der Waals surface area contributed by atoms with Crippen molar-refractivity contribution in [1.82, 2.24) is 0 Å². The molecule has 2 aromatic rings. The van der Waals surface area contributed by atoms with E-state index in [1.807, 2.05) is 31.2 Å². The molecule has 28 heavy (non-hydrogen) atoms. The maximum atomic E-state index is 12.5. The minimum atomic E-state index is -4.74. The average Bonchev–Trinajstić information content (AvgIpc) is 3.01. The van der Waals surface area contributed by atoms with Crippen molar-refractivity contribution >= 4 is 27.4 Å². The highest BCUT2D eigenvalue weighted by Crippen LogP contribution is 2.31. The molecule has 1 heterocycles. The van der Waals surface area contributed by atoms with Crippen LogP contribution in [0, 0.1) is 0 Å². The second-order valence-electron chi connectivity index (χ2n) is 6.35. The molecule has 0 aromatic heterocycles. The van der Waals surface area contributed by atoms with Crippen LogP contribution in [0.25, 0.3) is 0 Å². The molecule has 1 atom stereocenters. The van der Waals surface area contributed by atoms with Crippen LogP contribution >= 0.6 is 0 Å². The highest BCUT2D eigenvalue weighted by molar-refractivity contribution is 7.91. The summed E-state index contributed by atoms with van der Waals surface area (Å²) in [6.07, 6.45) is 0.704. The third kappa shape index (κ3) is 3.75. The lowest BCUT2D eigenvalue weighted by Gasteiger charge is -2.22. The van der Waals surface area contributed by atoms with Gasteiger partial charge < -0.3 is 9.64 Å². The van der Waals surface area contributed by atoms with Crippen LogP contribution < -0.4 is 4.90 Å². The van der Waals surface area contributed by atoms with Gasteiger partial charge in [-0.15, -0.1) is 0 Å². The fraction of sp³-hybridized carbons (Fsp3) is 0.263. The molecule has 0 saturated carbocycles. The molecule has 0 spiro atoms. The summed E-state index contributed by atoms with van der Waals surface area (Å²) in [4.78, 5) is 25.6. The molecule has 0 N–H and O–H groups in total. The van der Waals surface area contributed by atoms with Gasteiger partial charge in [0.15, 0.2) is 6.61 Å². The molecule has 0 radical (unpaired) electrons. The van der Waals surface area contributed by atoms with E-state index in [0.29, 0.717) is 6.42 Å². The molecule has 148 valence electrons. The van der Waals surface area contributed by atoms with Crippen LogP contribution in [0.5, 0.6) is 0 Å². The summed E-state index contributed by atoms with van der Waals surface area (Å²) in [6.45, 7) is 1.40. The van der Waals surface area contributed by atoms with E-state index < -0.39 is 33.1 Å². The molecular weight excluding hydrogens is 392 g/mol. The number of nitrogens with zero attached hydrogens (tertiary/aromatic N) is 1. The summed E-state index contributed by atoms with van der Waals surface area (Å²) >= 11 is 0. The Morgan fingerprint density at radius 3 is 2.43 bits per heavy atom. The second-order valence-corrected chi connectivity index (χ2v) is 8.27. The van der Waals surface area contributed by atoms with Gasteiger partial charge in [0.2, 0.25) is 9.84 Å². The van der Waals surface area contributed by atoms with E-state index in [1.165, 1.54) is 0 Å². The molecule has 0 saturated heterocycles. The Bertz CT molecular complexity index is 1010. The van der Waals surface area contributed by atoms with Crippen LogP contribution in [0.2, 0.25) is 0 Å². The zero-order chi connectivity index (χ0) is 20.5. The molecule has 0 bridgehead atoms. The Balaban J connectivity index is 1.65. The SMILES string of the molecule is CC1Cc2ccccc2N1C(=O)COC(=O)c1ccc(S(=O)(=O)C(F)F)cc1. The quantitative estimate of drug-likeness (QED) is 0.710. The van der Waals surface area contributed by atoms with E-state index >= 15 is 0 Å². The molecule has 1 unspecified atom stereocenters. The topological polar surface area (TPSA) is 80.8 Å². The Morgan fingerprint density at radius 1 is 1.14 bits per heavy atom. The zero-order valence-electron chi connectivity index (χ0n) is 14.8. The molecule has 1 amide bonds. The minimum absolute atomic E-state index is 0.0455. The monoisotopic (exact) mass is 409 g/mol. The van der Waals surface area contributed by atoms with Crippen molar-refractivity contribution in [3.05, 3.63) is 59.7 Å². The van der Waals surface area contributed by atoms with Crippen LogP contribution in [0.4, 0.5) is 14.5 Å². The number of hydrogen-bond acceptors (Lipinski definition) is 5. The first-order chi connectivity index (χ1) is 13.2. The highest BCUT2D eigenvalue weighted by atomic mass is 32.2. The van der Waals surface area contributed by atoms with Crippen LogP contribution in [-0.2, 0) is 25.8 Å². The number of para-hydroxylation sites is 1. The lowest BCUT2D eigenvalue weighted by atomic mass is 10.1. The smallest absolute Gasteiger partial charge is 0.341 e. The average molecular weight is 409 g/mol. The number of amides is 1. The number of ether oxygens (including phenoxy) is 1. The first-order valence-corrected chi connectivity index (χ1v) is 9.95. The number of hydrogen-bond donors (Lipinski definition) is 0. The minimum Gasteiger partial charge on any atom is -0.452 e. The van der Waals surface area contributed by atoms with Crippen LogP contribution in [0.15, 0.2) is 53.4 Å². The summed E-state index contributed by atoms with van der Waals surface area (Å²) in [5, 5.41) is 0. The molecule has 0 fully saturated rings. The zero-order valence-corrected chi connectivity index (χ0v) is 15.7. The summed E-state index contributed by atoms with van der Waals surface area (Å²) in [7, 11) is -4.74. The highest BCUT2D eigenvalue weighted by Gasteiger charge is 2.31. The molecule has 1 aliphatic heterocycles. The fourth-order valence-electron chi connectivity index (χ4n) is 3.11. The summed E-state index contributed by atoms with van der Waals surface area (Å²) in [5.74, 6) is -4.79. The van der Waals surface area contributed by atoms with Crippen molar-refractivity contribution in [2.24, 2.45) is 0 Å². The largest absolute Gasteiger partial charge is 0.452 e. The van der Waals surface area contributed by atoms with E-state index in [9.17, 15) is 26.8 Å². The summed E-state index contributed by atoms with van der Waals surface area (Å²) < 4.78 is 52.9. The van der Waals surface area contributed by atoms with E-state index in [1.54, 1.807) is 4.90 Å². The predicted octanol–water partition coefficient (Wildman–Crippen LogP) is 2.82. The number of rotatable bonds is 5. The van der Waals surface area contributed by atoms with Crippen LogP contribution in [-0.4, -0.2) is 38.7 Å². The van der Waals surface area contributed by atoms with Gasteiger partial charge in [-0.3, -0.25) is 4.79 Å². The van der Waals surface area contributed by atoms with Crippen molar-refractivity contribution in [2.75, 3.05) is 11.5 Å². The molecular formula is C19H17F2NO5S. The third-order valence-electron chi connectivity index (χ3n) is 4.46. The van der Waals surface area contributed by atoms with Gasteiger partial charge in [0.25, 0.3) is 5.91 Å². The van der Waals surface area contributed by atoms with Crippen molar-refractivity contribution < 1.29 is 31.5 Å². The molecule has 9 heteroatoms. The third-order valence-corrected chi connectivity index (χ3v) is 5.85. The standard InChI is InChI=1S/C19H17F2NO5S/c1-12-10-14-4-2-3-5-16(14)22(12)17(23)11-27-18(24)13-6-8-15(9-7-13)28(25,26)19(20)21/h2-9,12,19H,10-11H2,1H3. The second kappa shape index (κ2) is 7.67. The van der Waals surface area contributed by atoms with E-state index in [0.717, 1.165) is 35.5 Å². The maximum Gasteiger partial charge on any atom is 0.341 e. The Morgan fingerprint density at radius 2 is 1.79 bits per heavy atom. The maximum absolute atomic E-state index is 12.5. The van der Waals surface area contributed by atoms with Gasteiger partial charge >= 0.3 is 11.7 Å². The Hall–Kier alpha value is -2.81. The number of anilines is 1. The van der Waals surface area contributed by atoms with E-state index in [2.05, 4.69) is 0 Å². The Labute approximate surface area is 160 Å². The summed E-state index contributed by atoms with van der Waals surface area (Å²) in [6, 6.07) is 11.3. The number of fused-ring (bicyclic) bond motifs is 1. The number of carbonyl (C=O) groups is 2. The van der Waals surface area contributed by atoms with E-state index in [-0.39, 0.29) is 17.5 Å². The van der Waals surface area contributed by atoms with Crippen molar-refractivity contribution in [1.29, 1.82) is 0 Å². The lowest BCUT2D eigenvalue weighted by Crippen LogP contribution is -2.38. The van der Waals surface area contributed by atoms with Crippen LogP contribution in [0.1, 0.15) is 22.8 Å². The van der Waals surface area contributed by atoms with Gasteiger partial charge in [-0.05, 0) is 49.2 Å². The van der Waals surface area contributed by atoms with Crippen molar-refractivity contribution in [3.8, 4) is 0 Å². The molecule has 1 aliphatic rings. The van der Waals surface area contributed by atoms with Gasteiger partial charge in [-0.1, -0.05) is 18.2 Å². The molecule has 6 nitrogen and oxygen atoms in total. The van der Waals surface area contributed by atoms with E-state index in [4.69, 9.17) is 4.74 Å². The van der Waals surface area contributed by atoms with Gasteiger partial charge in [0, 0.05) is 11.7 Å². The van der Waals surface area contributed by atoms with Gasteiger partial charge in [-0.25, -0.2) is 13.2 Å². The van der Waals surface area contributed by atoms with Gasteiger partial charge in [-0.2, -0.15) is 8.78 Å². The normalized spacial score (nSPS) is 16.1. The number of alkyl halides is 2. The number of esters is 1. The van der Waals surface area contributed by atoms with Crippen LogP contribution in [0.3, 0.4) is 0 Å². The number of sulfone groups is 1. The van der Waals surface area contributed by atoms with Gasteiger partial charge in [0.1, 0.15) is 0 Å². The lowest BCUT2D eigenvalue weighted by molar-refractivity contribution is -0.122. The fourth-order valence-corrected chi connectivity index (χ4v) is 3.83. The summed E-state index contributed by atoms with van der Waals surface area (Å²) in [5.41, 5.74) is 1.76. The molecule has 3 rings (SSSR count). The first kappa shape index (κ1) is 19.9. The number of carbonyl (C=O) groups excluding carboxylic acids is 2. The predicted molar refractivity (Wildman–Crippen MR) is 97.0 cm³/mol. The van der Waals surface area contributed by atoms with Crippen molar-refractivity contribution in [2.45, 2.75) is 30.0 Å². The first-order valence-electron chi connectivity index (χ1n) is 8.41. The van der Waals surface area contributed by atoms with Gasteiger partial charge in [0.05, 0.1) is 10.5 Å². The van der Waals surface area contributed by atoms with Crippen molar-refractivity contribution in [3.63, 3.8) is 0 Å². The number of benzene rings is 2. The Kier molecular flexibility index (Phi) is 5.46. The molecule has 0 aliphatic carbocycles. The number of halogens is 2. The molecule has 2 aromatic carbocycles.